The molecule has 0 bridgehead atoms. The zero-order valence-electron chi connectivity index (χ0n) is 11.5. The van der Waals surface area contributed by atoms with Crippen LogP contribution in [0.5, 0.6) is 5.75 Å². The van der Waals surface area contributed by atoms with Crippen molar-refractivity contribution in [2.45, 2.75) is 32.7 Å². The van der Waals surface area contributed by atoms with Gasteiger partial charge in [0.25, 0.3) is 0 Å². The maximum Gasteiger partial charge on any atom is 0.204 e. The molecule has 1 rings (SSSR count). The molecule has 0 aliphatic heterocycles. The lowest BCUT2D eigenvalue weighted by Crippen LogP contribution is -2.41. The number of hydrogen-bond acceptors (Lipinski definition) is 5. The maximum absolute atomic E-state index is 5.40. The quantitative estimate of drug-likeness (QED) is 0.851. The molecule has 0 aromatic carbocycles. The van der Waals surface area contributed by atoms with Crippen molar-refractivity contribution in [1.29, 1.82) is 0 Å². The van der Waals surface area contributed by atoms with Crippen molar-refractivity contribution in [3.63, 3.8) is 0 Å². The minimum absolute atomic E-state index is 0.0205. The SMILES string of the molecule is CCC(C)(C)N(C)c1ncnc(NC)c1OC. The molecule has 1 aromatic heterocycles. The molecule has 1 aromatic rings. The van der Waals surface area contributed by atoms with Crippen LogP contribution < -0.4 is 15.0 Å². The molecule has 96 valence electrons. The zero-order chi connectivity index (χ0) is 13.1. The largest absolute Gasteiger partial charge is 0.490 e. The summed E-state index contributed by atoms with van der Waals surface area (Å²) in [5.41, 5.74) is 0.0205. The van der Waals surface area contributed by atoms with E-state index in [-0.39, 0.29) is 5.54 Å². The van der Waals surface area contributed by atoms with E-state index in [0.717, 1.165) is 12.2 Å². The summed E-state index contributed by atoms with van der Waals surface area (Å²) in [7, 11) is 5.48. The molecular formula is C12H22N4O. The van der Waals surface area contributed by atoms with E-state index in [0.29, 0.717) is 11.6 Å². The fourth-order valence-electron chi connectivity index (χ4n) is 1.49. The number of nitrogens with zero attached hydrogens (tertiary/aromatic N) is 3. The van der Waals surface area contributed by atoms with Crippen LogP contribution in [0.4, 0.5) is 11.6 Å². The van der Waals surface area contributed by atoms with Crippen LogP contribution in [0, 0.1) is 0 Å². The number of methoxy groups -OCH3 is 1. The summed E-state index contributed by atoms with van der Waals surface area (Å²) in [6.45, 7) is 6.50. The van der Waals surface area contributed by atoms with Crippen molar-refractivity contribution in [2.24, 2.45) is 0 Å². The molecule has 5 heteroatoms. The zero-order valence-corrected chi connectivity index (χ0v) is 11.5. The number of ether oxygens (including phenoxy) is 1. The molecule has 0 fully saturated rings. The van der Waals surface area contributed by atoms with Crippen molar-refractivity contribution in [3.05, 3.63) is 6.33 Å². The van der Waals surface area contributed by atoms with Crippen LogP contribution in [-0.2, 0) is 0 Å². The second-order valence-corrected chi connectivity index (χ2v) is 4.55. The molecule has 17 heavy (non-hydrogen) atoms. The van der Waals surface area contributed by atoms with Crippen LogP contribution in [0.25, 0.3) is 0 Å². The molecule has 1 N–H and O–H groups in total. The second-order valence-electron chi connectivity index (χ2n) is 4.55. The van der Waals surface area contributed by atoms with Crippen LogP contribution in [0.1, 0.15) is 27.2 Å². The normalized spacial score (nSPS) is 11.2. The summed E-state index contributed by atoms with van der Waals surface area (Å²) in [5.74, 6) is 2.19. The highest BCUT2D eigenvalue weighted by Gasteiger charge is 2.26. The Balaban J connectivity index is 3.22. The third-order valence-corrected chi connectivity index (χ3v) is 3.32. The van der Waals surface area contributed by atoms with Crippen molar-refractivity contribution >= 4 is 11.6 Å². The molecule has 0 saturated carbocycles. The number of hydrogen-bond donors (Lipinski definition) is 1. The van der Waals surface area contributed by atoms with Crippen LogP contribution in [0.2, 0.25) is 0 Å². The predicted octanol–water partition coefficient (Wildman–Crippen LogP) is 2.15. The van der Waals surface area contributed by atoms with Gasteiger partial charge in [0.1, 0.15) is 6.33 Å². The fraction of sp³-hybridized carbons (Fsp3) is 0.667. The molecule has 0 aliphatic carbocycles. The van der Waals surface area contributed by atoms with E-state index in [2.05, 4.69) is 41.0 Å². The van der Waals surface area contributed by atoms with Crippen molar-refractivity contribution in [1.82, 2.24) is 9.97 Å². The molecule has 0 radical (unpaired) electrons. The van der Waals surface area contributed by atoms with Gasteiger partial charge in [-0.3, -0.25) is 0 Å². The Morgan fingerprint density at radius 1 is 1.41 bits per heavy atom. The highest BCUT2D eigenvalue weighted by molar-refractivity contribution is 5.65. The van der Waals surface area contributed by atoms with E-state index in [9.17, 15) is 0 Å². The summed E-state index contributed by atoms with van der Waals surface area (Å²) in [6, 6.07) is 0. The lowest BCUT2D eigenvalue weighted by atomic mass is 10.00. The first-order valence-corrected chi connectivity index (χ1v) is 5.78. The molecular weight excluding hydrogens is 216 g/mol. The van der Waals surface area contributed by atoms with Crippen molar-refractivity contribution in [2.75, 3.05) is 31.4 Å². The van der Waals surface area contributed by atoms with Gasteiger partial charge in [0.05, 0.1) is 7.11 Å². The molecule has 0 aliphatic rings. The topological polar surface area (TPSA) is 50.3 Å². The van der Waals surface area contributed by atoms with E-state index in [1.807, 2.05) is 14.1 Å². The smallest absolute Gasteiger partial charge is 0.204 e. The average molecular weight is 238 g/mol. The van der Waals surface area contributed by atoms with Gasteiger partial charge in [-0.2, -0.15) is 0 Å². The van der Waals surface area contributed by atoms with Gasteiger partial charge >= 0.3 is 0 Å². The summed E-state index contributed by atoms with van der Waals surface area (Å²) in [5, 5.41) is 3.01. The third kappa shape index (κ3) is 2.60. The molecule has 0 spiro atoms. The van der Waals surface area contributed by atoms with E-state index < -0.39 is 0 Å². The standard InChI is InChI=1S/C12H22N4O/c1-7-12(2,3)16(5)11-9(17-6)10(13-4)14-8-15-11/h8H,7H2,1-6H3,(H,13,14,15). The first-order chi connectivity index (χ1) is 7.97. The second kappa shape index (κ2) is 5.21. The monoisotopic (exact) mass is 238 g/mol. The van der Waals surface area contributed by atoms with Gasteiger partial charge in [-0.25, -0.2) is 9.97 Å². The number of nitrogens with one attached hydrogen (secondary N) is 1. The molecule has 0 unspecified atom stereocenters. The molecule has 0 amide bonds. The van der Waals surface area contributed by atoms with Crippen LogP contribution in [0.15, 0.2) is 6.33 Å². The molecule has 1 heterocycles. The third-order valence-electron chi connectivity index (χ3n) is 3.32. The van der Waals surface area contributed by atoms with Crippen LogP contribution in [-0.4, -0.2) is 36.7 Å². The van der Waals surface area contributed by atoms with Gasteiger partial charge in [-0.15, -0.1) is 0 Å². The summed E-state index contributed by atoms with van der Waals surface area (Å²) in [4.78, 5) is 10.6. The Morgan fingerprint density at radius 2 is 2.06 bits per heavy atom. The Hall–Kier alpha value is -1.52. The highest BCUT2D eigenvalue weighted by atomic mass is 16.5. The minimum atomic E-state index is 0.0205. The fourth-order valence-corrected chi connectivity index (χ4v) is 1.49. The van der Waals surface area contributed by atoms with Gasteiger partial charge in [-0.05, 0) is 20.3 Å². The van der Waals surface area contributed by atoms with E-state index in [1.54, 1.807) is 13.4 Å². The number of anilines is 2. The summed E-state index contributed by atoms with van der Waals surface area (Å²) < 4.78 is 5.40. The lowest BCUT2D eigenvalue weighted by Gasteiger charge is -2.36. The van der Waals surface area contributed by atoms with Gasteiger partial charge in [-0.1, -0.05) is 6.92 Å². The van der Waals surface area contributed by atoms with Crippen LogP contribution in [0.3, 0.4) is 0 Å². The molecule has 0 atom stereocenters. The summed E-state index contributed by atoms with van der Waals surface area (Å²) in [6.07, 6.45) is 2.57. The van der Waals surface area contributed by atoms with E-state index in [1.165, 1.54) is 0 Å². The lowest BCUT2D eigenvalue weighted by molar-refractivity contribution is 0.402. The van der Waals surface area contributed by atoms with Crippen LogP contribution >= 0.6 is 0 Å². The first-order valence-electron chi connectivity index (χ1n) is 5.78. The van der Waals surface area contributed by atoms with Crippen molar-refractivity contribution < 1.29 is 4.74 Å². The first kappa shape index (κ1) is 13.5. The average Bonchev–Trinajstić information content (AvgIpc) is 2.36. The van der Waals surface area contributed by atoms with Gasteiger partial charge in [0.15, 0.2) is 11.6 Å². The molecule has 5 nitrogen and oxygen atoms in total. The number of rotatable bonds is 5. The Kier molecular flexibility index (Phi) is 4.15. The molecule has 0 saturated heterocycles. The van der Waals surface area contributed by atoms with Gasteiger partial charge < -0.3 is 15.0 Å². The summed E-state index contributed by atoms with van der Waals surface area (Å²) >= 11 is 0. The Labute approximate surface area is 103 Å². The Morgan fingerprint density at radius 3 is 2.53 bits per heavy atom. The number of aromatic nitrogens is 2. The van der Waals surface area contributed by atoms with Crippen molar-refractivity contribution in [3.8, 4) is 5.75 Å². The Bertz CT molecular complexity index is 379. The van der Waals surface area contributed by atoms with Gasteiger partial charge in [0, 0.05) is 19.6 Å². The van der Waals surface area contributed by atoms with E-state index in [4.69, 9.17) is 4.74 Å². The predicted molar refractivity (Wildman–Crippen MR) is 70.9 cm³/mol. The van der Waals surface area contributed by atoms with E-state index >= 15 is 0 Å². The maximum atomic E-state index is 5.40. The highest BCUT2D eigenvalue weighted by Crippen LogP contribution is 2.34. The van der Waals surface area contributed by atoms with Gasteiger partial charge in [0.2, 0.25) is 5.75 Å². The minimum Gasteiger partial charge on any atom is -0.490 e.